The fourth-order valence-electron chi connectivity index (χ4n) is 8.71. The van der Waals surface area contributed by atoms with Gasteiger partial charge in [-0.15, -0.1) is 0 Å². The summed E-state index contributed by atoms with van der Waals surface area (Å²) in [4.78, 5) is 97.8. The highest BCUT2D eigenvalue weighted by molar-refractivity contribution is 5.99. The van der Waals surface area contributed by atoms with E-state index in [1.165, 1.54) is 67.7 Å². The van der Waals surface area contributed by atoms with Crippen LogP contribution in [-0.2, 0) is 38.3 Å². The molecule has 6 amide bonds. The van der Waals surface area contributed by atoms with Gasteiger partial charge in [-0.1, -0.05) is 50.2 Å². The number of carboxylic acid groups (broad SMARTS) is 1. The SMILES string of the molecule is CNC(CC(C)C)C(=O)NC1C(=O)NC(CC(N)=O)C(=O)NC2C(=O)NC(c3ccc(O)cc3)C(=O)NC(C(=O)O)C(O)c3ccc(cc3)Oc3cc2cc(c3OC2OC(CO)C(O)C(O)C2O)Oc2ccc(cc2)C1O. The lowest BCUT2D eigenvalue weighted by atomic mass is 9.98. The molecule has 5 heterocycles. The number of hydrogen-bond acceptors (Lipinski definition) is 19. The summed E-state index contributed by atoms with van der Waals surface area (Å²) in [6.07, 6.45) is -13.8. The second kappa shape index (κ2) is 24.4. The van der Waals surface area contributed by atoms with Gasteiger partial charge in [-0.3, -0.25) is 28.8 Å². The summed E-state index contributed by atoms with van der Waals surface area (Å²) >= 11 is 0. The van der Waals surface area contributed by atoms with E-state index >= 15 is 4.79 Å². The highest BCUT2D eigenvalue weighted by Crippen LogP contribution is 2.46. The summed E-state index contributed by atoms with van der Waals surface area (Å²) in [7, 11) is 1.51. The number of primary amides is 1. The number of carbonyl (C=O) groups is 7. The van der Waals surface area contributed by atoms with Crippen LogP contribution >= 0.6 is 0 Å². The summed E-state index contributed by atoms with van der Waals surface area (Å²) in [6, 6.07) is 6.41. The molecule has 0 saturated carbocycles. The predicted octanol–water partition coefficient (Wildman–Crippen LogP) is -1.69. The van der Waals surface area contributed by atoms with Crippen molar-refractivity contribution in [2.75, 3.05) is 13.7 Å². The fourth-order valence-corrected chi connectivity index (χ4v) is 8.71. The van der Waals surface area contributed by atoms with Gasteiger partial charge in [0.25, 0.3) is 0 Å². The normalized spacial score (nSPS) is 27.2. The molecule has 0 spiro atoms. The second-order valence-corrected chi connectivity index (χ2v) is 18.9. The van der Waals surface area contributed by atoms with Crippen LogP contribution in [0.25, 0.3) is 0 Å². The van der Waals surface area contributed by atoms with Crippen molar-refractivity contribution in [1.82, 2.24) is 31.9 Å². The highest BCUT2D eigenvalue weighted by Gasteiger charge is 2.46. The van der Waals surface area contributed by atoms with Gasteiger partial charge in [-0.25, -0.2) is 4.79 Å². The number of aliphatic hydroxyl groups is 6. The van der Waals surface area contributed by atoms with Crippen LogP contribution in [-0.4, -0.2) is 151 Å². The largest absolute Gasteiger partial charge is 0.508 e. The van der Waals surface area contributed by atoms with Crippen LogP contribution in [0.2, 0.25) is 0 Å². The van der Waals surface area contributed by atoms with E-state index in [1.807, 2.05) is 13.8 Å². The molecule has 0 radical (unpaired) electrons. The molecule has 4 aromatic rings. The van der Waals surface area contributed by atoms with Gasteiger partial charge in [0, 0.05) is 0 Å². The van der Waals surface area contributed by atoms with Gasteiger partial charge in [0.2, 0.25) is 47.5 Å². The number of hydrogen-bond donors (Lipinski definition) is 15. The van der Waals surface area contributed by atoms with Crippen molar-refractivity contribution in [2.24, 2.45) is 11.7 Å². The zero-order chi connectivity index (χ0) is 56.0. The van der Waals surface area contributed by atoms with Gasteiger partial charge in [0.05, 0.1) is 19.1 Å². The molecule has 0 aliphatic carbocycles. The lowest BCUT2D eigenvalue weighted by Crippen LogP contribution is -2.60. The van der Waals surface area contributed by atoms with Crippen LogP contribution < -0.4 is 51.8 Å². The summed E-state index contributed by atoms with van der Waals surface area (Å²) in [5.41, 5.74) is 5.20. The second-order valence-electron chi connectivity index (χ2n) is 18.9. The Morgan fingerprint density at radius 2 is 1.22 bits per heavy atom. The Morgan fingerprint density at radius 3 is 1.75 bits per heavy atom. The molecule has 4 aromatic carbocycles. The molecular formula is C51H59N7O19. The quantitative estimate of drug-likeness (QED) is 0.0753. The average molecular weight is 1070 g/mol. The molecule has 412 valence electrons. The van der Waals surface area contributed by atoms with Gasteiger partial charge in [0.1, 0.15) is 78.0 Å². The minimum atomic E-state index is -2.10. The number of phenolic OH excluding ortho intramolecular Hbond substituents is 1. The van der Waals surface area contributed by atoms with Crippen LogP contribution in [0.15, 0.2) is 84.9 Å². The zero-order valence-electron chi connectivity index (χ0n) is 41.4. The summed E-state index contributed by atoms with van der Waals surface area (Å²) in [5.74, 6) is -10.4. The third kappa shape index (κ3) is 13.2. The summed E-state index contributed by atoms with van der Waals surface area (Å²) in [5, 5.41) is 101. The monoisotopic (exact) mass is 1070 g/mol. The molecular weight excluding hydrogens is 1010 g/mol. The third-order valence-electron chi connectivity index (χ3n) is 12.9. The lowest BCUT2D eigenvalue weighted by molar-refractivity contribution is -0.277. The van der Waals surface area contributed by atoms with Crippen molar-refractivity contribution >= 4 is 41.4 Å². The Labute approximate surface area is 438 Å². The number of aliphatic carboxylic acids is 1. The van der Waals surface area contributed by atoms with Crippen LogP contribution in [0.5, 0.6) is 34.5 Å². The maximum Gasteiger partial charge on any atom is 0.329 e. The number of nitrogens with one attached hydrogen (secondary N) is 6. The molecule has 13 atom stereocenters. The van der Waals surface area contributed by atoms with Crippen molar-refractivity contribution in [2.45, 2.75) is 106 Å². The van der Waals surface area contributed by atoms with Crippen LogP contribution in [0.1, 0.15) is 73.2 Å². The van der Waals surface area contributed by atoms with Gasteiger partial charge in [-0.05, 0) is 90.2 Å². The third-order valence-corrected chi connectivity index (χ3v) is 12.9. The Kier molecular flexibility index (Phi) is 18.0. The summed E-state index contributed by atoms with van der Waals surface area (Å²) < 4.78 is 24.6. The molecule has 5 aliphatic heterocycles. The Hall–Kier alpha value is -7.95. The van der Waals surface area contributed by atoms with Crippen LogP contribution in [0, 0.1) is 5.92 Å². The van der Waals surface area contributed by atoms with Gasteiger partial charge in [-0.2, -0.15) is 0 Å². The van der Waals surface area contributed by atoms with E-state index in [4.69, 9.17) is 24.7 Å². The Morgan fingerprint density at radius 1 is 0.688 bits per heavy atom. The molecule has 26 nitrogen and oxygen atoms in total. The number of amides is 6. The minimum Gasteiger partial charge on any atom is -0.508 e. The molecule has 9 rings (SSSR count). The molecule has 7 bridgehead atoms. The number of rotatable bonds is 12. The molecule has 26 heteroatoms. The van der Waals surface area contributed by atoms with E-state index in [-0.39, 0.29) is 51.8 Å². The number of phenols is 1. The minimum absolute atomic E-state index is 0.0154. The van der Waals surface area contributed by atoms with Crippen LogP contribution in [0.4, 0.5) is 0 Å². The van der Waals surface area contributed by atoms with Crippen molar-refractivity contribution in [3.63, 3.8) is 0 Å². The summed E-state index contributed by atoms with van der Waals surface area (Å²) in [6.45, 7) is 2.83. The van der Waals surface area contributed by atoms with Gasteiger partial charge < -0.3 is 97.4 Å². The van der Waals surface area contributed by atoms with Crippen molar-refractivity contribution in [3.05, 3.63) is 107 Å². The predicted molar refractivity (Wildman–Crippen MR) is 263 cm³/mol. The first-order valence-electron chi connectivity index (χ1n) is 24.1. The number of benzene rings is 4. The van der Waals surface area contributed by atoms with E-state index in [0.717, 1.165) is 24.3 Å². The smallest absolute Gasteiger partial charge is 0.329 e. The van der Waals surface area contributed by atoms with Gasteiger partial charge in [0.15, 0.2) is 17.5 Å². The maximum atomic E-state index is 15.2. The van der Waals surface area contributed by atoms with Crippen LogP contribution in [0.3, 0.4) is 0 Å². The number of ether oxygens (including phenoxy) is 4. The number of aromatic hydroxyl groups is 1. The lowest BCUT2D eigenvalue weighted by Gasteiger charge is -2.39. The zero-order valence-corrected chi connectivity index (χ0v) is 41.4. The Balaban J connectivity index is 1.47. The molecule has 1 fully saturated rings. The number of carboxylic acids is 1. The van der Waals surface area contributed by atoms with E-state index in [9.17, 15) is 69.6 Å². The first-order valence-corrected chi connectivity index (χ1v) is 24.1. The Bertz CT molecular complexity index is 2820. The molecule has 77 heavy (non-hydrogen) atoms. The molecule has 5 aliphatic rings. The number of nitrogens with two attached hydrogens (primary N) is 1. The number of carbonyl (C=O) groups excluding carboxylic acids is 6. The topological polar surface area (TPSA) is 416 Å². The molecule has 1 saturated heterocycles. The number of aliphatic hydroxyl groups excluding tert-OH is 6. The van der Waals surface area contributed by atoms with E-state index in [2.05, 4.69) is 31.9 Å². The van der Waals surface area contributed by atoms with Gasteiger partial charge >= 0.3 is 5.97 Å². The van der Waals surface area contributed by atoms with Crippen molar-refractivity contribution in [3.8, 4) is 34.5 Å². The van der Waals surface area contributed by atoms with Crippen molar-refractivity contribution < 1.29 is 93.4 Å². The van der Waals surface area contributed by atoms with E-state index in [0.29, 0.717) is 0 Å². The molecule has 0 aromatic heterocycles. The average Bonchev–Trinajstić information content (AvgIpc) is 3.40. The van der Waals surface area contributed by atoms with Crippen molar-refractivity contribution in [1.29, 1.82) is 0 Å². The standard InChI is InChI=1S/C51H59N7O19/c1-21(2)16-29(53-3)45(67)57-37-39(62)23-6-12-27(13-7-23)74-31-17-25-18-32(44(31)77-51-43(66)42(65)41(64)33(20-59)76-51)75-28-14-8-24(9-15-28)40(63)38(50(72)73)58-47(69)35(22-4-10-26(60)11-5-22)56-48(70)36(25)55-46(68)30(19-34(52)61)54-49(37)71/h4-15,17-18,21,29-30,33,35-43,51,53,59-60,62-66H,16,19-20H2,1-3H3,(H2,52,61)(H,54,71)(H,55,68)(H,56,70)(H,57,67)(H,58,69)(H,72,73). The first-order chi connectivity index (χ1) is 36.6. The molecule has 16 N–H and O–H groups in total. The number of fused-ring (bicyclic) bond motifs is 16. The fraction of sp³-hybridized carbons (Fsp3) is 0.392. The first kappa shape index (κ1) is 56.8. The number of likely N-dealkylation sites (N-methyl/N-ethyl adjacent to an activating group) is 1. The van der Waals surface area contributed by atoms with E-state index < -0.39 is 151 Å². The molecule has 13 unspecified atom stereocenters. The maximum absolute atomic E-state index is 15.2. The van der Waals surface area contributed by atoms with E-state index in [1.54, 1.807) is 0 Å². The highest BCUT2D eigenvalue weighted by atomic mass is 16.7.